The molecular weight excluding hydrogens is 344 g/mol. The van der Waals surface area contributed by atoms with Crippen LogP contribution in [0.2, 0.25) is 0 Å². The highest BCUT2D eigenvalue weighted by Crippen LogP contribution is 2.36. The molecule has 5 nitrogen and oxygen atoms in total. The lowest BCUT2D eigenvalue weighted by Crippen LogP contribution is -2.37. The van der Waals surface area contributed by atoms with Gasteiger partial charge in [0.15, 0.2) is 0 Å². The molecule has 0 aliphatic carbocycles. The van der Waals surface area contributed by atoms with Gasteiger partial charge in [0.25, 0.3) is 5.82 Å². The molecule has 0 bridgehead atoms. The smallest absolute Gasteiger partial charge is 0.349 e. The second-order valence-electron chi connectivity index (χ2n) is 5.45. The topological polar surface area (TPSA) is 55.3 Å². The molecule has 126 valence electrons. The van der Waals surface area contributed by atoms with E-state index in [0.29, 0.717) is 16.3 Å². The fourth-order valence-corrected chi connectivity index (χ4v) is 4.18. The fourth-order valence-electron chi connectivity index (χ4n) is 2.47. The number of aromatic nitrogens is 2. The van der Waals surface area contributed by atoms with E-state index in [-0.39, 0.29) is 6.61 Å². The van der Waals surface area contributed by atoms with Crippen LogP contribution >= 0.6 is 22.7 Å². The van der Waals surface area contributed by atoms with Crippen LogP contribution < -0.4 is 4.57 Å². The zero-order valence-electron chi connectivity index (χ0n) is 13.5. The zero-order valence-corrected chi connectivity index (χ0v) is 15.1. The summed E-state index contributed by atoms with van der Waals surface area (Å²) in [5, 5.41) is 14.8. The summed E-state index contributed by atoms with van der Waals surface area (Å²) in [6.45, 7) is 2.74. The van der Waals surface area contributed by atoms with Crippen LogP contribution in [0.15, 0.2) is 47.4 Å². The molecule has 0 amide bonds. The van der Waals surface area contributed by atoms with Crippen LogP contribution in [0.4, 0.5) is 0 Å². The number of esters is 1. The summed E-state index contributed by atoms with van der Waals surface area (Å²) in [5.41, 5.74) is -1.74. The summed E-state index contributed by atoms with van der Waals surface area (Å²) in [6, 6.07) is 7.13. The highest BCUT2D eigenvalue weighted by Gasteiger charge is 2.43. The van der Waals surface area contributed by atoms with Crippen molar-refractivity contribution in [2.45, 2.75) is 19.1 Å². The number of ether oxygens (including phenoxy) is 1. The summed E-state index contributed by atoms with van der Waals surface area (Å²) in [6.07, 6.45) is 3.89. The lowest BCUT2D eigenvalue weighted by Gasteiger charge is -2.23. The van der Waals surface area contributed by atoms with Crippen molar-refractivity contribution in [1.29, 1.82) is 0 Å². The largest absolute Gasteiger partial charge is 0.459 e. The van der Waals surface area contributed by atoms with Crippen LogP contribution in [0.5, 0.6) is 0 Å². The lowest BCUT2D eigenvalue weighted by molar-refractivity contribution is -0.677. The minimum absolute atomic E-state index is 0.202. The molecule has 3 rings (SSSR count). The molecule has 0 saturated heterocycles. The first-order valence-corrected chi connectivity index (χ1v) is 9.28. The Morgan fingerprint density at radius 3 is 2.38 bits per heavy atom. The second kappa shape index (κ2) is 6.88. The third-order valence-electron chi connectivity index (χ3n) is 4.01. The first-order valence-electron chi connectivity index (χ1n) is 7.52. The van der Waals surface area contributed by atoms with Crippen molar-refractivity contribution in [1.82, 2.24) is 4.57 Å². The van der Waals surface area contributed by atoms with Crippen molar-refractivity contribution in [2.24, 2.45) is 7.05 Å². The summed E-state index contributed by atoms with van der Waals surface area (Å²) >= 11 is 2.68. The molecule has 0 aromatic carbocycles. The van der Waals surface area contributed by atoms with Gasteiger partial charge < -0.3 is 9.84 Å². The van der Waals surface area contributed by atoms with E-state index >= 15 is 0 Å². The number of hydrogen-bond acceptors (Lipinski definition) is 5. The molecule has 0 saturated carbocycles. The van der Waals surface area contributed by atoms with Crippen LogP contribution in [0.25, 0.3) is 0 Å². The van der Waals surface area contributed by atoms with E-state index < -0.39 is 11.6 Å². The molecule has 24 heavy (non-hydrogen) atoms. The van der Waals surface area contributed by atoms with Gasteiger partial charge in [-0.25, -0.2) is 13.9 Å². The van der Waals surface area contributed by atoms with Crippen LogP contribution in [0, 0.1) is 6.92 Å². The maximum absolute atomic E-state index is 12.7. The Labute approximate surface area is 148 Å². The Morgan fingerprint density at radius 1 is 1.29 bits per heavy atom. The molecule has 3 aromatic heterocycles. The van der Waals surface area contributed by atoms with E-state index in [1.807, 2.05) is 58.4 Å². The van der Waals surface area contributed by atoms with Gasteiger partial charge in [-0.3, -0.25) is 0 Å². The van der Waals surface area contributed by atoms with Crippen LogP contribution in [0.3, 0.4) is 0 Å². The van der Waals surface area contributed by atoms with Gasteiger partial charge in [-0.05, 0) is 22.9 Å². The number of hydrogen-bond donors (Lipinski definition) is 1. The van der Waals surface area contributed by atoms with Gasteiger partial charge in [0.1, 0.15) is 25.5 Å². The predicted octanol–water partition coefficient (Wildman–Crippen LogP) is 2.22. The zero-order chi connectivity index (χ0) is 17.2. The van der Waals surface area contributed by atoms with E-state index in [9.17, 15) is 9.90 Å². The molecule has 7 heteroatoms. The number of aliphatic hydroxyl groups is 1. The molecule has 3 aromatic rings. The molecule has 0 atom stereocenters. The maximum atomic E-state index is 12.7. The van der Waals surface area contributed by atoms with Gasteiger partial charge in [0.2, 0.25) is 5.60 Å². The van der Waals surface area contributed by atoms with Crippen molar-refractivity contribution in [2.75, 3.05) is 6.61 Å². The van der Waals surface area contributed by atoms with Gasteiger partial charge in [0.05, 0.1) is 16.8 Å². The van der Waals surface area contributed by atoms with E-state index in [1.54, 1.807) is 12.1 Å². The van der Waals surface area contributed by atoms with Crippen LogP contribution in [0.1, 0.15) is 15.6 Å². The molecule has 0 aliphatic rings. The molecule has 0 fully saturated rings. The Morgan fingerprint density at radius 2 is 1.92 bits per heavy atom. The summed E-state index contributed by atoms with van der Waals surface area (Å²) in [5.74, 6) is 0.430. The fraction of sp³-hybridized carbons (Fsp3) is 0.294. The molecule has 0 radical (unpaired) electrons. The molecular formula is C17H19N2O3S2+. The molecule has 0 unspecified atom stereocenters. The van der Waals surface area contributed by atoms with Crippen molar-refractivity contribution >= 4 is 28.6 Å². The quantitative estimate of drug-likeness (QED) is 0.540. The minimum atomic E-state index is -1.74. The van der Waals surface area contributed by atoms with Crippen molar-refractivity contribution in [3.8, 4) is 0 Å². The molecule has 0 spiro atoms. The first-order chi connectivity index (χ1) is 11.5. The lowest BCUT2D eigenvalue weighted by atomic mass is 10.0. The third kappa shape index (κ3) is 3.02. The Bertz CT molecular complexity index is 773. The molecule has 1 N–H and O–H groups in total. The minimum Gasteiger partial charge on any atom is -0.459 e. The van der Waals surface area contributed by atoms with Gasteiger partial charge in [-0.1, -0.05) is 12.1 Å². The summed E-state index contributed by atoms with van der Waals surface area (Å²) < 4.78 is 9.42. The number of carbonyl (C=O) groups is 1. The van der Waals surface area contributed by atoms with Crippen molar-refractivity contribution < 1.29 is 19.2 Å². The summed E-state index contributed by atoms with van der Waals surface area (Å²) in [7, 11) is 1.96. The monoisotopic (exact) mass is 363 g/mol. The van der Waals surface area contributed by atoms with Crippen molar-refractivity contribution in [3.05, 3.63) is 63.0 Å². The maximum Gasteiger partial charge on any atom is 0.349 e. The number of aryl methyl sites for hydroxylation is 1. The number of rotatable bonds is 6. The number of thiophene rings is 2. The van der Waals surface area contributed by atoms with E-state index in [1.165, 1.54) is 22.7 Å². The highest BCUT2D eigenvalue weighted by atomic mass is 32.1. The highest BCUT2D eigenvalue weighted by molar-refractivity contribution is 7.12. The second-order valence-corrected chi connectivity index (χ2v) is 7.35. The van der Waals surface area contributed by atoms with Gasteiger partial charge >= 0.3 is 5.97 Å². The van der Waals surface area contributed by atoms with E-state index in [4.69, 9.17) is 4.74 Å². The Balaban J connectivity index is 1.74. The number of carbonyl (C=O) groups excluding carboxylic acids is 1. The van der Waals surface area contributed by atoms with E-state index in [0.717, 1.165) is 5.82 Å². The number of imidazole rings is 1. The van der Waals surface area contributed by atoms with Gasteiger partial charge in [0, 0.05) is 6.92 Å². The SMILES string of the molecule is Cc1n(CCOC(=O)C(O)(c2cccs2)c2cccs2)cc[n+]1C. The van der Waals surface area contributed by atoms with E-state index in [2.05, 4.69) is 0 Å². The average molecular weight is 363 g/mol. The van der Waals surface area contributed by atoms with Crippen LogP contribution in [-0.4, -0.2) is 22.2 Å². The first kappa shape index (κ1) is 16.9. The van der Waals surface area contributed by atoms with Crippen LogP contribution in [-0.2, 0) is 28.7 Å². The standard InChI is InChI=1S/C17H19N2O3S2/c1-13-18(2)7-8-19(13)9-10-22-16(20)17(21,14-5-3-11-23-14)15-6-4-12-24-15/h3-8,11-12,21H,9-10H2,1-2H3/q+1. The van der Waals surface area contributed by atoms with Gasteiger partial charge in [-0.15, -0.1) is 22.7 Å². The molecule has 0 aliphatic heterocycles. The predicted molar refractivity (Wildman–Crippen MR) is 92.9 cm³/mol. The molecule has 3 heterocycles. The van der Waals surface area contributed by atoms with Crippen molar-refractivity contribution in [3.63, 3.8) is 0 Å². The third-order valence-corrected chi connectivity index (χ3v) is 5.97. The summed E-state index contributed by atoms with van der Waals surface area (Å²) in [4.78, 5) is 13.8. The Hall–Kier alpha value is -1.96. The average Bonchev–Trinajstić information content (AvgIpc) is 3.32. The Kier molecular flexibility index (Phi) is 4.84. The number of nitrogens with zero attached hydrogens (tertiary/aromatic N) is 2. The normalized spacial score (nSPS) is 11.6. The van der Waals surface area contributed by atoms with Gasteiger partial charge in [-0.2, -0.15) is 0 Å².